The van der Waals surface area contributed by atoms with Gasteiger partial charge < -0.3 is 21.1 Å². The van der Waals surface area contributed by atoms with Gasteiger partial charge in [0, 0.05) is 19.0 Å². The van der Waals surface area contributed by atoms with E-state index >= 15 is 0 Å². The SMILES string of the molecule is COC(=O)c1c(N)nsc1NCCC(=O)NC(C)C. The standard InChI is InChI=1S/C11H18N4O3S/c1-6(2)14-7(16)4-5-13-10-8(11(17)18-3)9(12)15-19-10/h6,13H,4-5H2,1-3H3,(H2,12,15)(H,14,16). The number of esters is 1. The van der Waals surface area contributed by atoms with E-state index in [0.29, 0.717) is 18.0 Å². The van der Waals surface area contributed by atoms with Crippen LogP contribution in [0.15, 0.2) is 0 Å². The second-order valence-corrected chi connectivity index (χ2v) is 4.94. The molecule has 0 radical (unpaired) electrons. The number of methoxy groups -OCH3 is 1. The fourth-order valence-corrected chi connectivity index (χ4v) is 2.13. The number of carbonyl (C=O) groups excluding carboxylic acids is 2. The number of hydrogen-bond donors (Lipinski definition) is 3. The highest BCUT2D eigenvalue weighted by Gasteiger charge is 2.19. The van der Waals surface area contributed by atoms with Crippen LogP contribution in [0, 0.1) is 0 Å². The summed E-state index contributed by atoms with van der Waals surface area (Å²) < 4.78 is 8.51. The molecule has 7 nitrogen and oxygen atoms in total. The molecular weight excluding hydrogens is 268 g/mol. The third-order valence-corrected chi connectivity index (χ3v) is 3.01. The van der Waals surface area contributed by atoms with Crippen molar-refractivity contribution in [2.75, 3.05) is 24.7 Å². The summed E-state index contributed by atoms with van der Waals surface area (Å²) in [6.07, 6.45) is 0.302. The average molecular weight is 286 g/mol. The van der Waals surface area contributed by atoms with Crippen LogP contribution in [0.4, 0.5) is 10.8 Å². The highest BCUT2D eigenvalue weighted by Crippen LogP contribution is 2.27. The summed E-state index contributed by atoms with van der Waals surface area (Å²) in [4.78, 5) is 22.9. The molecule has 1 amide bonds. The first-order chi connectivity index (χ1) is 8.95. The van der Waals surface area contributed by atoms with E-state index in [-0.39, 0.29) is 23.3 Å². The number of ether oxygens (including phenoxy) is 1. The molecule has 0 fully saturated rings. The summed E-state index contributed by atoms with van der Waals surface area (Å²) >= 11 is 1.07. The zero-order chi connectivity index (χ0) is 14.4. The first kappa shape index (κ1) is 15.2. The quantitative estimate of drug-likeness (QED) is 0.669. The molecule has 0 saturated heterocycles. The lowest BCUT2D eigenvalue weighted by atomic mass is 10.3. The number of nitrogens with zero attached hydrogens (tertiary/aromatic N) is 1. The summed E-state index contributed by atoms with van der Waals surface area (Å²) in [5.41, 5.74) is 5.81. The monoisotopic (exact) mass is 286 g/mol. The van der Waals surface area contributed by atoms with E-state index in [1.165, 1.54) is 7.11 Å². The molecule has 0 saturated carbocycles. The van der Waals surface area contributed by atoms with Gasteiger partial charge in [-0.3, -0.25) is 4.79 Å². The molecule has 0 bridgehead atoms. The van der Waals surface area contributed by atoms with Crippen molar-refractivity contribution in [1.82, 2.24) is 9.69 Å². The van der Waals surface area contributed by atoms with Gasteiger partial charge >= 0.3 is 5.97 Å². The molecule has 1 aromatic heterocycles. The molecule has 0 unspecified atom stereocenters. The lowest BCUT2D eigenvalue weighted by molar-refractivity contribution is -0.121. The van der Waals surface area contributed by atoms with Gasteiger partial charge in [0.15, 0.2) is 5.82 Å². The Bertz CT molecular complexity index is 459. The van der Waals surface area contributed by atoms with Crippen molar-refractivity contribution >= 4 is 34.2 Å². The minimum Gasteiger partial charge on any atom is -0.465 e. The number of carbonyl (C=O) groups is 2. The molecule has 8 heteroatoms. The van der Waals surface area contributed by atoms with Gasteiger partial charge in [-0.05, 0) is 25.4 Å². The van der Waals surface area contributed by atoms with Crippen LogP contribution in [0.1, 0.15) is 30.6 Å². The summed E-state index contributed by atoms with van der Waals surface area (Å²) in [5.74, 6) is -0.467. The second-order valence-electron chi connectivity index (χ2n) is 4.16. The number of anilines is 2. The van der Waals surface area contributed by atoms with E-state index in [1.54, 1.807) is 0 Å². The number of amides is 1. The minimum absolute atomic E-state index is 0.0559. The highest BCUT2D eigenvalue weighted by atomic mass is 32.1. The Morgan fingerprint density at radius 1 is 1.47 bits per heavy atom. The van der Waals surface area contributed by atoms with Crippen molar-refractivity contribution in [1.29, 1.82) is 0 Å². The largest absolute Gasteiger partial charge is 0.465 e. The van der Waals surface area contributed by atoms with Crippen LogP contribution < -0.4 is 16.4 Å². The van der Waals surface area contributed by atoms with Crippen LogP contribution in [0.25, 0.3) is 0 Å². The van der Waals surface area contributed by atoms with Crippen molar-refractivity contribution < 1.29 is 14.3 Å². The molecule has 0 atom stereocenters. The van der Waals surface area contributed by atoms with Crippen molar-refractivity contribution in [3.05, 3.63) is 5.56 Å². The molecule has 1 heterocycles. The predicted molar refractivity (Wildman–Crippen MR) is 74.3 cm³/mol. The van der Waals surface area contributed by atoms with Crippen LogP contribution in [0.5, 0.6) is 0 Å². The molecule has 1 aromatic rings. The molecule has 0 spiro atoms. The first-order valence-electron chi connectivity index (χ1n) is 5.82. The average Bonchev–Trinajstić information content (AvgIpc) is 2.69. The molecule has 0 aliphatic rings. The maximum Gasteiger partial charge on any atom is 0.344 e. The summed E-state index contributed by atoms with van der Waals surface area (Å²) in [5, 5.41) is 6.26. The van der Waals surface area contributed by atoms with Gasteiger partial charge in [-0.25, -0.2) is 4.79 Å². The molecule has 0 aliphatic carbocycles. The maximum absolute atomic E-state index is 11.5. The van der Waals surface area contributed by atoms with Crippen LogP contribution >= 0.6 is 11.5 Å². The van der Waals surface area contributed by atoms with Crippen molar-refractivity contribution in [2.24, 2.45) is 0 Å². The second kappa shape index (κ2) is 6.93. The molecule has 19 heavy (non-hydrogen) atoms. The Morgan fingerprint density at radius 3 is 2.74 bits per heavy atom. The zero-order valence-corrected chi connectivity index (χ0v) is 12.0. The molecular formula is C11H18N4O3S. The molecule has 0 aliphatic heterocycles. The molecule has 0 aromatic carbocycles. The van der Waals surface area contributed by atoms with Crippen molar-refractivity contribution in [3.8, 4) is 0 Å². The first-order valence-corrected chi connectivity index (χ1v) is 6.59. The molecule has 4 N–H and O–H groups in total. The third kappa shape index (κ3) is 4.40. The Morgan fingerprint density at radius 2 is 2.16 bits per heavy atom. The maximum atomic E-state index is 11.5. The predicted octanol–water partition coefficient (Wildman–Crippen LogP) is 0.838. The van der Waals surface area contributed by atoms with Gasteiger partial charge in [0.05, 0.1) is 7.11 Å². The summed E-state index contributed by atoms with van der Waals surface area (Å²) in [6.45, 7) is 4.18. The van der Waals surface area contributed by atoms with Crippen LogP contribution in [-0.2, 0) is 9.53 Å². The van der Waals surface area contributed by atoms with Gasteiger partial charge in [-0.2, -0.15) is 4.37 Å². The Kier molecular flexibility index (Phi) is 5.56. The minimum atomic E-state index is -0.541. The van der Waals surface area contributed by atoms with E-state index < -0.39 is 5.97 Å². The smallest absolute Gasteiger partial charge is 0.344 e. The van der Waals surface area contributed by atoms with E-state index in [2.05, 4.69) is 19.7 Å². The summed E-state index contributed by atoms with van der Waals surface area (Å²) in [6, 6.07) is 0.108. The van der Waals surface area contributed by atoms with E-state index in [9.17, 15) is 9.59 Å². The van der Waals surface area contributed by atoms with Crippen molar-refractivity contribution in [2.45, 2.75) is 26.3 Å². The lowest BCUT2D eigenvalue weighted by Crippen LogP contribution is -2.31. The van der Waals surface area contributed by atoms with E-state index in [1.807, 2.05) is 13.8 Å². The number of nitrogen functional groups attached to an aromatic ring is 1. The van der Waals surface area contributed by atoms with Crippen LogP contribution in [0.3, 0.4) is 0 Å². The number of hydrogen-bond acceptors (Lipinski definition) is 7. The molecule has 1 rings (SSSR count). The van der Waals surface area contributed by atoms with E-state index in [4.69, 9.17) is 5.73 Å². The fraction of sp³-hybridized carbons (Fsp3) is 0.545. The van der Waals surface area contributed by atoms with Crippen molar-refractivity contribution in [3.63, 3.8) is 0 Å². The summed E-state index contributed by atoms with van der Waals surface area (Å²) in [7, 11) is 1.28. The Hall–Kier alpha value is -1.83. The van der Waals surface area contributed by atoms with Gasteiger partial charge in [-0.15, -0.1) is 0 Å². The Labute approximate surface area is 115 Å². The molecule has 106 valence electrons. The topological polar surface area (TPSA) is 106 Å². The van der Waals surface area contributed by atoms with Gasteiger partial charge in [0.25, 0.3) is 0 Å². The number of rotatable bonds is 6. The number of nitrogens with two attached hydrogens (primary N) is 1. The van der Waals surface area contributed by atoms with Gasteiger partial charge in [-0.1, -0.05) is 0 Å². The number of nitrogens with one attached hydrogen (secondary N) is 2. The van der Waals surface area contributed by atoms with Gasteiger partial charge in [0.2, 0.25) is 5.91 Å². The number of aromatic nitrogens is 1. The normalized spacial score (nSPS) is 10.3. The third-order valence-electron chi connectivity index (χ3n) is 2.20. The van der Waals surface area contributed by atoms with Gasteiger partial charge in [0.1, 0.15) is 10.6 Å². The zero-order valence-electron chi connectivity index (χ0n) is 11.1. The van der Waals surface area contributed by atoms with Crippen LogP contribution in [0.2, 0.25) is 0 Å². The fourth-order valence-electron chi connectivity index (χ4n) is 1.41. The van der Waals surface area contributed by atoms with E-state index in [0.717, 1.165) is 11.5 Å². The highest BCUT2D eigenvalue weighted by molar-refractivity contribution is 7.11. The lowest BCUT2D eigenvalue weighted by Gasteiger charge is -2.09. The Balaban J connectivity index is 2.54. The van der Waals surface area contributed by atoms with Crippen LogP contribution in [-0.4, -0.2) is 35.9 Å².